The van der Waals surface area contributed by atoms with Gasteiger partial charge < -0.3 is 15.7 Å². The number of nitrogen functional groups attached to an aromatic ring is 1. The first-order valence-corrected chi connectivity index (χ1v) is 12.4. The minimum Gasteiger partial charge on any atom is -0.481 e. The standard InChI is InChI=1S/C29H27FN4O4/c1-29(19-7-11-21(31)12-8-19)17-25(33-38-29)18-6-15-23-24(16-18)32-26(4-2-3-5-27(35)36)34(28(23)37)22-13-9-20(30)10-14-22/h6-16H,2-5,17,31H2,1H3,(H,35,36). The van der Waals surface area contributed by atoms with Gasteiger partial charge in [0.1, 0.15) is 11.6 Å². The number of hydrogen-bond donors (Lipinski definition) is 2. The molecule has 0 bridgehead atoms. The minimum atomic E-state index is -0.873. The molecule has 0 radical (unpaired) electrons. The molecule has 0 spiro atoms. The summed E-state index contributed by atoms with van der Waals surface area (Å²) < 4.78 is 15.0. The molecule has 1 unspecified atom stereocenters. The second kappa shape index (κ2) is 10.1. The van der Waals surface area contributed by atoms with Crippen molar-refractivity contribution >= 4 is 28.3 Å². The molecule has 4 aromatic rings. The van der Waals surface area contributed by atoms with E-state index in [4.69, 9.17) is 20.7 Å². The number of unbranched alkanes of at least 4 members (excludes halogenated alkanes) is 1. The molecule has 38 heavy (non-hydrogen) atoms. The Bertz CT molecular complexity index is 1600. The molecule has 8 nitrogen and oxygen atoms in total. The second-order valence-electron chi connectivity index (χ2n) is 9.64. The molecule has 1 aliphatic heterocycles. The minimum absolute atomic E-state index is 0.0328. The zero-order valence-corrected chi connectivity index (χ0v) is 20.9. The van der Waals surface area contributed by atoms with Gasteiger partial charge in [0.15, 0.2) is 5.60 Å². The summed E-state index contributed by atoms with van der Waals surface area (Å²) in [6.07, 6.45) is 1.93. The number of halogens is 1. The summed E-state index contributed by atoms with van der Waals surface area (Å²) >= 11 is 0. The number of nitrogens with zero attached hydrogens (tertiary/aromatic N) is 3. The number of hydrogen-bond acceptors (Lipinski definition) is 6. The van der Waals surface area contributed by atoms with Crippen molar-refractivity contribution in [1.82, 2.24) is 9.55 Å². The van der Waals surface area contributed by atoms with E-state index in [0.717, 1.165) is 16.8 Å². The maximum atomic E-state index is 13.6. The molecule has 194 valence electrons. The SMILES string of the molecule is CC1(c2ccc(N)cc2)CC(c2ccc3c(=O)n(-c4ccc(F)cc4)c(CCCCC(=O)O)nc3c2)=NO1. The summed E-state index contributed by atoms with van der Waals surface area (Å²) in [4.78, 5) is 35.2. The lowest BCUT2D eigenvalue weighted by Crippen LogP contribution is -2.24. The van der Waals surface area contributed by atoms with E-state index >= 15 is 0 Å². The Hall–Kier alpha value is -4.53. The van der Waals surface area contributed by atoms with E-state index in [9.17, 15) is 14.0 Å². The van der Waals surface area contributed by atoms with Crippen LogP contribution in [0.5, 0.6) is 0 Å². The molecule has 9 heteroatoms. The third-order valence-corrected chi connectivity index (χ3v) is 6.78. The topological polar surface area (TPSA) is 120 Å². The number of aromatic nitrogens is 2. The molecule has 0 aliphatic carbocycles. The maximum absolute atomic E-state index is 13.6. The number of rotatable bonds is 8. The molecule has 1 aromatic heterocycles. The Labute approximate surface area is 218 Å². The number of fused-ring (bicyclic) bond motifs is 1. The van der Waals surface area contributed by atoms with E-state index in [0.29, 0.717) is 53.8 Å². The zero-order chi connectivity index (χ0) is 26.9. The Balaban J connectivity index is 1.50. The van der Waals surface area contributed by atoms with Crippen LogP contribution >= 0.6 is 0 Å². The van der Waals surface area contributed by atoms with Gasteiger partial charge in [-0.15, -0.1) is 0 Å². The first-order chi connectivity index (χ1) is 18.2. The lowest BCUT2D eigenvalue weighted by Gasteiger charge is -2.22. The number of anilines is 1. The number of aliphatic carboxylic acids is 1. The highest BCUT2D eigenvalue weighted by molar-refractivity contribution is 6.04. The van der Waals surface area contributed by atoms with Crippen molar-refractivity contribution in [3.63, 3.8) is 0 Å². The van der Waals surface area contributed by atoms with Gasteiger partial charge in [0.2, 0.25) is 0 Å². The van der Waals surface area contributed by atoms with Crippen LogP contribution in [0.4, 0.5) is 10.1 Å². The number of carboxylic acids is 1. The Morgan fingerprint density at radius 2 is 1.84 bits per heavy atom. The van der Waals surface area contributed by atoms with Crippen LogP contribution in [0.3, 0.4) is 0 Å². The highest BCUT2D eigenvalue weighted by atomic mass is 19.1. The maximum Gasteiger partial charge on any atom is 0.303 e. The van der Waals surface area contributed by atoms with Crippen LogP contribution in [-0.2, 0) is 21.7 Å². The third kappa shape index (κ3) is 5.00. The Morgan fingerprint density at radius 3 is 2.55 bits per heavy atom. The average Bonchev–Trinajstić information content (AvgIpc) is 3.30. The van der Waals surface area contributed by atoms with Crippen LogP contribution in [0.25, 0.3) is 16.6 Å². The summed E-state index contributed by atoms with van der Waals surface area (Å²) in [6, 6.07) is 18.5. The molecule has 1 atom stereocenters. The van der Waals surface area contributed by atoms with Crippen LogP contribution < -0.4 is 11.3 Å². The Morgan fingerprint density at radius 1 is 1.11 bits per heavy atom. The van der Waals surface area contributed by atoms with Crippen molar-refractivity contribution in [3.8, 4) is 5.69 Å². The molecule has 3 aromatic carbocycles. The zero-order valence-electron chi connectivity index (χ0n) is 20.9. The number of carbonyl (C=O) groups is 1. The van der Waals surface area contributed by atoms with Crippen molar-refractivity contribution < 1.29 is 19.1 Å². The van der Waals surface area contributed by atoms with Crippen molar-refractivity contribution in [3.05, 3.63) is 99.9 Å². The first-order valence-electron chi connectivity index (χ1n) is 12.4. The fourth-order valence-electron chi connectivity index (χ4n) is 4.68. The number of aryl methyl sites for hydroxylation is 1. The van der Waals surface area contributed by atoms with Crippen LogP contribution in [-0.4, -0.2) is 26.3 Å². The Kier molecular flexibility index (Phi) is 6.67. The predicted octanol–water partition coefficient (Wildman–Crippen LogP) is 4.94. The summed E-state index contributed by atoms with van der Waals surface area (Å²) in [5.74, 6) is -0.802. The largest absolute Gasteiger partial charge is 0.481 e. The quantitative estimate of drug-likeness (QED) is 0.254. The van der Waals surface area contributed by atoms with Gasteiger partial charge in [-0.05, 0) is 73.9 Å². The van der Waals surface area contributed by atoms with Gasteiger partial charge in [0.05, 0.1) is 22.3 Å². The third-order valence-electron chi connectivity index (χ3n) is 6.78. The summed E-state index contributed by atoms with van der Waals surface area (Å²) in [5, 5.41) is 13.7. The van der Waals surface area contributed by atoms with Crippen molar-refractivity contribution in [2.75, 3.05) is 5.73 Å². The fourth-order valence-corrected chi connectivity index (χ4v) is 4.68. The summed E-state index contributed by atoms with van der Waals surface area (Å²) in [5.41, 5.74) is 9.05. The predicted molar refractivity (Wildman–Crippen MR) is 143 cm³/mol. The van der Waals surface area contributed by atoms with Crippen LogP contribution in [0.1, 0.15) is 49.6 Å². The number of oxime groups is 1. The molecular formula is C29H27FN4O4. The molecule has 3 N–H and O–H groups in total. The fraction of sp³-hybridized carbons (Fsp3) is 0.241. The summed E-state index contributed by atoms with van der Waals surface area (Å²) in [6.45, 7) is 1.96. The monoisotopic (exact) mass is 514 g/mol. The van der Waals surface area contributed by atoms with Crippen molar-refractivity contribution in [2.24, 2.45) is 5.16 Å². The number of benzene rings is 3. The molecule has 0 saturated carbocycles. The highest BCUT2D eigenvalue weighted by Gasteiger charge is 2.36. The van der Waals surface area contributed by atoms with Crippen LogP contribution in [0, 0.1) is 5.82 Å². The van der Waals surface area contributed by atoms with Crippen molar-refractivity contribution in [2.45, 2.75) is 44.6 Å². The number of nitrogens with two attached hydrogens (primary N) is 1. The van der Waals surface area contributed by atoms with E-state index < -0.39 is 17.4 Å². The highest BCUT2D eigenvalue weighted by Crippen LogP contribution is 2.36. The van der Waals surface area contributed by atoms with Gasteiger partial charge in [-0.2, -0.15) is 0 Å². The molecule has 2 heterocycles. The van der Waals surface area contributed by atoms with Gasteiger partial charge in [-0.25, -0.2) is 9.37 Å². The molecule has 0 fully saturated rings. The second-order valence-corrected chi connectivity index (χ2v) is 9.64. The normalized spacial score (nSPS) is 16.8. The molecule has 0 amide bonds. The van der Waals surface area contributed by atoms with E-state index in [1.807, 2.05) is 43.3 Å². The lowest BCUT2D eigenvalue weighted by atomic mass is 9.89. The number of carboxylic acid groups (broad SMARTS) is 1. The van der Waals surface area contributed by atoms with E-state index in [1.54, 1.807) is 6.07 Å². The van der Waals surface area contributed by atoms with Gasteiger partial charge in [-0.3, -0.25) is 14.2 Å². The van der Waals surface area contributed by atoms with Crippen LogP contribution in [0.2, 0.25) is 0 Å². The van der Waals surface area contributed by atoms with Crippen molar-refractivity contribution in [1.29, 1.82) is 0 Å². The molecule has 0 saturated heterocycles. The van der Waals surface area contributed by atoms with Crippen LogP contribution in [0.15, 0.2) is 76.7 Å². The first kappa shape index (κ1) is 25.1. The molecule has 1 aliphatic rings. The summed E-state index contributed by atoms with van der Waals surface area (Å²) in [7, 11) is 0. The van der Waals surface area contributed by atoms with E-state index in [1.165, 1.54) is 28.8 Å². The smallest absolute Gasteiger partial charge is 0.303 e. The van der Waals surface area contributed by atoms with Gasteiger partial charge >= 0.3 is 5.97 Å². The van der Waals surface area contributed by atoms with Gasteiger partial charge in [-0.1, -0.05) is 23.4 Å². The van der Waals surface area contributed by atoms with Gasteiger partial charge in [0.25, 0.3) is 5.56 Å². The average molecular weight is 515 g/mol. The lowest BCUT2D eigenvalue weighted by molar-refractivity contribution is -0.137. The van der Waals surface area contributed by atoms with Gasteiger partial charge in [0, 0.05) is 30.5 Å². The van der Waals surface area contributed by atoms with E-state index in [-0.39, 0.29) is 12.0 Å². The molecule has 5 rings (SSSR count). The molecular weight excluding hydrogens is 487 g/mol. The van der Waals surface area contributed by atoms with E-state index in [2.05, 4.69) is 5.16 Å².